The second-order valence-corrected chi connectivity index (χ2v) is 4.94. The molecule has 1 rings (SSSR count). The lowest BCUT2D eigenvalue weighted by Crippen LogP contribution is -2.14. The van der Waals surface area contributed by atoms with Gasteiger partial charge in [0.2, 0.25) is 5.78 Å². The van der Waals surface area contributed by atoms with Crippen LogP contribution in [-0.2, 0) is 0 Å². The van der Waals surface area contributed by atoms with E-state index < -0.39 is 0 Å². The summed E-state index contributed by atoms with van der Waals surface area (Å²) < 4.78 is 0. The molecule has 0 radical (unpaired) electrons. The number of aryl methyl sites for hydroxylation is 2. The van der Waals surface area contributed by atoms with Gasteiger partial charge in [-0.25, -0.2) is 0 Å². The number of hydrogen-bond donors (Lipinski definition) is 1. The molecule has 0 unspecified atom stereocenters. The van der Waals surface area contributed by atoms with Crippen molar-refractivity contribution in [1.29, 1.82) is 5.41 Å². The Morgan fingerprint density at radius 2 is 1.89 bits per heavy atom. The number of rotatable bonds is 7. The van der Waals surface area contributed by atoms with Gasteiger partial charge in [-0.15, -0.1) is 0 Å². The molecule has 2 heteroatoms. The molecule has 2 nitrogen and oxygen atoms in total. The molecule has 0 heterocycles. The minimum Gasteiger partial charge on any atom is -0.301 e. The van der Waals surface area contributed by atoms with E-state index in [1.54, 1.807) is 0 Å². The fourth-order valence-corrected chi connectivity index (χ4v) is 2.07. The van der Waals surface area contributed by atoms with Crippen LogP contribution < -0.4 is 0 Å². The second kappa shape index (κ2) is 7.10. The van der Waals surface area contributed by atoms with E-state index in [-0.39, 0.29) is 11.5 Å². The topological polar surface area (TPSA) is 40.9 Å². The average Bonchev–Trinajstić information content (AvgIpc) is 2.33. The predicted molar refractivity (Wildman–Crippen MR) is 76.7 cm³/mol. The van der Waals surface area contributed by atoms with E-state index in [0.717, 1.165) is 24.0 Å². The number of nitrogens with one attached hydrogen (secondary N) is 1. The lowest BCUT2D eigenvalue weighted by atomic mass is 9.97. The molecule has 1 aromatic rings. The van der Waals surface area contributed by atoms with E-state index in [2.05, 4.69) is 6.92 Å². The summed E-state index contributed by atoms with van der Waals surface area (Å²) >= 11 is 0. The van der Waals surface area contributed by atoms with Crippen LogP contribution in [0.4, 0.5) is 0 Å². The summed E-state index contributed by atoms with van der Waals surface area (Å²) in [4.78, 5) is 12.1. The summed E-state index contributed by atoms with van der Waals surface area (Å²) in [7, 11) is 0. The maximum absolute atomic E-state index is 12.1. The molecule has 0 atom stereocenters. The fraction of sp³-hybridized carbons (Fsp3) is 0.500. The predicted octanol–water partition coefficient (Wildman–Crippen LogP) is 4.48. The summed E-state index contributed by atoms with van der Waals surface area (Å²) in [6, 6.07) is 5.77. The molecule has 98 valence electrons. The number of benzene rings is 1. The van der Waals surface area contributed by atoms with E-state index in [0.29, 0.717) is 12.0 Å². The molecular weight excluding hydrogens is 222 g/mol. The van der Waals surface area contributed by atoms with E-state index in [1.165, 1.54) is 12.8 Å². The number of ketones is 1. The zero-order valence-electron chi connectivity index (χ0n) is 11.7. The minimum absolute atomic E-state index is 0.107. The standard InChI is InChI=1S/C16H23NO/c1-4-5-6-7-8-15(17)16(18)14-10-9-12(2)11-13(14)3/h9-11,17H,4-8H2,1-3H3. The zero-order chi connectivity index (χ0) is 13.5. The van der Waals surface area contributed by atoms with Gasteiger partial charge in [-0.1, -0.05) is 49.9 Å². The van der Waals surface area contributed by atoms with Gasteiger partial charge in [0.15, 0.2) is 0 Å². The van der Waals surface area contributed by atoms with Crippen molar-refractivity contribution in [2.24, 2.45) is 0 Å². The molecule has 0 saturated heterocycles. The van der Waals surface area contributed by atoms with Crippen molar-refractivity contribution in [2.75, 3.05) is 0 Å². The Morgan fingerprint density at radius 3 is 2.50 bits per heavy atom. The largest absolute Gasteiger partial charge is 0.301 e. The van der Waals surface area contributed by atoms with Crippen LogP contribution in [0.1, 0.15) is 60.5 Å². The maximum atomic E-state index is 12.1. The molecular formula is C16H23NO. The first-order valence-electron chi connectivity index (χ1n) is 6.75. The molecule has 0 bridgehead atoms. The number of Topliss-reactive ketones (excluding diaryl/α,β-unsaturated/α-hetero) is 1. The van der Waals surface area contributed by atoms with Gasteiger partial charge in [0.05, 0.1) is 5.71 Å². The second-order valence-electron chi connectivity index (χ2n) is 4.94. The molecule has 0 spiro atoms. The van der Waals surface area contributed by atoms with Gasteiger partial charge < -0.3 is 5.41 Å². The molecule has 1 N–H and O–H groups in total. The average molecular weight is 245 g/mol. The van der Waals surface area contributed by atoms with Crippen LogP contribution >= 0.6 is 0 Å². The molecule has 0 aliphatic rings. The quantitative estimate of drug-likeness (QED) is 0.429. The third-order valence-corrected chi connectivity index (χ3v) is 3.18. The van der Waals surface area contributed by atoms with Gasteiger partial charge in [0, 0.05) is 5.56 Å². The van der Waals surface area contributed by atoms with Crippen molar-refractivity contribution < 1.29 is 4.79 Å². The van der Waals surface area contributed by atoms with E-state index in [1.807, 2.05) is 32.0 Å². The van der Waals surface area contributed by atoms with Crippen LogP contribution in [0.25, 0.3) is 0 Å². The van der Waals surface area contributed by atoms with Crippen LogP contribution in [0.15, 0.2) is 18.2 Å². The van der Waals surface area contributed by atoms with Crippen LogP contribution in [0, 0.1) is 19.3 Å². The Kier molecular flexibility index (Phi) is 5.76. The monoisotopic (exact) mass is 245 g/mol. The summed E-state index contributed by atoms with van der Waals surface area (Å²) in [6.07, 6.45) is 5.03. The van der Waals surface area contributed by atoms with Gasteiger partial charge in [0.25, 0.3) is 0 Å². The Bertz CT molecular complexity index is 435. The fourth-order valence-electron chi connectivity index (χ4n) is 2.07. The van der Waals surface area contributed by atoms with Gasteiger partial charge in [-0.05, 0) is 32.3 Å². The Morgan fingerprint density at radius 1 is 1.17 bits per heavy atom. The van der Waals surface area contributed by atoms with Gasteiger partial charge in [-0.2, -0.15) is 0 Å². The van der Waals surface area contributed by atoms with Gasteiger partial charge in [0.1, 0.15) is 0 Å². The first-order valence-corrected chi connectivity index (χ1v) is 6.75. The van der Waals surface area contributed by atoms with Crippen molar-refractivity contribution in [3.05, 3.63) is 34.9 Å². The smallest absolute Gasteiger partial charge is 0.206 e. The van der Waals surface area contributed by atoms with Crippen LogP contribution in [-0.4, -0.2) is 11.5 Å². The molecule has 0 saturated carbocycles. The summed E-state index contributed by atoms with van der Waals surface area (Å²) in [6.45, 7) is 6.11. The van der Waals surface area contributed by atoms with Crippen molar-refractivity contribution in [3.63, 3.8) is 0 Å². The first-order chi connectivity index (χ1) is 8.56. The summed E-state index contributed by atoms with van der Waals surface area (Å²) in [5.41, 5.74) is 3.05. The molecule has 0 amide bonds. The van der Waals surface area contributed by atoms with Crippen LogP contribution in [0.5, 0.6) is 0 Å². The Balaban J connectivity index is 2.60. The van der Waals surface area contributed by atoms with Gasteiger partial charge >= 0.3 is 0 Å². The first kappa shape index (κ1) is 14.6. The van der Waals surface area contributed by atoms with Gasteiger partial charge in [-0.3, -0.25) is 4.79 Å². The van der Waals surface area contributed by atoms with Crippen molar-refractivity contribution in [3.8, 4) is 0 Å². The molecule has 1 aromatic carbocycles. The SMILES string of the molecule is CCCCCCC(=N)C(=O)c1ccc(C)cc1C. The van der Waals surface area contributed by atoms with Crippen LogP contribution in [0.3, 0.4) is 0 Å². The third-order valence-electron chi connectivity index (χ3n) is 3.18. The lowest BCUT2D eigenvalue weighted by molar-refractivity contribution is 0.106. The maximum Gasteiger partial charge on any atom is 0.206 e. The molecule has 18 heavy (non-hydrogen) atoms. The summed E-state index contributed by atoms with van der Waals surface area (Å²) in [5, 5.41) is 7.87. The number of carbonyl (C=O) groups excluding carboxylic acids is 1. The Hall–Kier alpha value is -1.44. The Labute approximate surface area is 110 Å². The number of unbranched alkanes of at least 4 members (excludes halogenated alkanes) is 3. The number of carbonyl (C=O) groups is 1. The molecule has 0 fully saturated rings. The highest BCUT2D eigenvalue weighted by molar-refractivity contribution is 6.45. The highest BCUT2D eigenvalue weighted by Crippen LogP contribution is 2.13. The van der Waals surface area contributed by atoms with E-state index in [4.69, 9.17) is 5.41 Å². The normalized spacial score (nSPS) is 10.4. The van der Waals surface area contributed by atoms with Crippen molar-refractivity contribution >= 4 is 11.5 Å². The van der Waals surface area contributed by atoms with E-state index in [9.17, 15) is 4.79 Å². The number of hydrogen-bond acceptors (Lipinski definition) is 2. The van der Waals surface area contributed by atoms with E-state index >= 15 is 0 Å². The third kappa shape index (κ3) is 4.10. The molecule has 0 aliphatic carbocycles. The van der Waals surface area contributed by atoms with Crippen LogP contribution in [0.2, 0.25) is 0 Å². The lowest BCUT2D eigenvalue weighted by Gasteiger charge is -2.07. The van der Waals surface area contributed by atoms with Crippen molar-refractivity contribution in [2.45, 2.75) is 52.9 Å². The van der Waals surface area contributed by atoms with Crippen molar-refractivity contribution in [1.82, 2.24) is 0 Å². The molecule has 0 aromatic heterocycles. The minimum atomic E-state index is -0.107. The highest BCUT2D eigenvalue weighted by Gasteiger charge is 2.14. The summed E-state index contributed by atoms with van der Waals surface area (Å²) in [5.74, 6) is -0.107. The molecule has 0 aliphatic heterocycles. The zero-order valence-corrected chi connectivity index (χ0v) is 11.7. The highest BCUT2D eigenvalue weighted by atomic mass is 16.1.